The second kappa shape index (κ2) is 4.27. The molecule has 1 saturated heterocycles. The van der Waals surface area contributed by atoms with Gasteiger partial charge in [0.1, 0.15) is 0 Å². The number of carbonyl (C=O) groups is 1. The van der Waals surface area contributed by atoms with Crippen LogP contribution in [-0.2, 0) is 9.53 Å². The third kappa shape index (κ3) is 2.06. The zero-order valence-corrected chi connectivity index (χ0v) is 9.17. The van der Waals surface area contributed by atoms with Crippen molar-refractivity contribution >= 4 is 5.78 Å². The van der Waals surface area contributed by atoms with E-state index in [9.17, 15) is 14.4 Å². The van der Waals surface area contributed by atoms with Crippen molar-refractivity contribution in [3.63, 3.8) is 0 Å². The van der Waals surface area contributed by atoms with Gasteiger partial charge in [0.05, 0.1) is 12.7 Å². The standard InChI is InChI=1S/C10H12N2O5/c1-5-3-12(10(16)11-8(5)15)9-7(14)2-6(4-13)17-9/h3,6,9,13H,2,4H2,1H3,(H,11,15,16)/t6-,9+/m0/s1. The minimum atomic E-state index is -1.06. The average molecular weight is 240 g/mol. The van der Waals surface area contributed by atoms with E-state index in [4.69, 9.17) is 9.84 Å². The summed E-state index contributed by atoms with van der Waals surface area (Å²) in [6.07, 6.45) is -0.309. The lowest BCUT2D eigenvalue weighted by Gasteiger charge is -2.13. The number of aryl methyl sites for hydroxylation is 1. The number of ketones is 1. The summed E-state index contributed by atoms with van der Waals surface area (Å²) in [7, 11) is 0. The second-order valence-corrected chi connectivity index (χ2v) is 3.94. The Hall–Kier alpha value is -1.73. The van der Waals surface area contributed by atoms with E-state index in [2.05, 4.69) is 4.98 Å². The minimum absolute atomic E-state index is 0.0613. The number of aromatic nitrogens is 2. The number of nitrogens with one attached hydrogen (secondary N) is 1. The Morgan fingerprint density at radius 1 is 1.53 bits per heavy atom. The predicted octanol–water partition coefficient (Wildman–Crippen LogP) is -1.31. The van der Waals surface area contributed by atoms with Crippen LogP contribution in [-0.4, -0.2) is 33.2 Å². The van der Waals surface area contributed by atoms with Crippen molar-refractivity contribution in [1.29, 1.82) is 0 Å². The van der Waals surface area contributed by atoms with Crippen molar-refractivity contribution in [2.24, 2.45) is 0 Å². The molecule has 1 fully saturated rings. The van der Waals surface area contributed by atoms with E-state index in [1.54, 1.807) is 0 Å². The number of aliphatic hydroxyl groups is 1. The zero-order chi connectivity index (χ0) is 12.6. The fourth-order valence-corrected chi connectivity index (χ4v) is 1.72. The van der Waals surface area contributed by atoms with Crippen molar-refractivity contribution in [3.05, 3.63) is 32.6 Å². The smallest absolute Gasteiger partial charge is 0.330 e. The fourth-order valence-electron chi connectivity index (χ4n) is 1.72. The SMILES string of the molecule is Cc1cn([C@@H]2O[C@H](CO)CC2=O)c(=O)[nH]c1=O. The normalized spacial score (nSPS) is 24.2. The molecule has 1 aromatic heterocycles. The number of ether oxygens (including phenoxy) is 1. The molecule has 7 nitrogen and oxygen atoms in total. The zero-order valence-electron chi connectivity index (χ0n) is 9.17. The van der Waals surface area contributed by atoms with Crippen LogP contribution in [0.1, 0.15) is 18.2 Å². The van der Waals surface area contributed by atoms with E-state index in [1.807, 2.05) is 0 Å². The molecular weight excluding hydrogens is 228 g/mol. The van der Waals surface area contributed by atoms with E-state index >= 15 is 0 Å². The highest BCUT2D eigenvalue weighted by atomic mass is 16.5. The summed E-state index contributed by atoms with van der Waals surface area (Å²) in [4.78, 5) is 36.4. The summed E-state index contributed by atoms with van der Waals surface area (Å²) in [5.74, 6) is -0.294. The van der Waals surface area contributed by atoms with Gasteiger partial charge in [-0.05, 0) is 6.92 Å². The highest BCUT2D eigenvalue weighted by Crippen LogP contribution is 2.23. The Bertz CT molecular complexity index is 559. The molecule has 2 heterocycles. The number of aliphatic hydroxyl groups excluding tert-OH is 1. The van der Waals surface area contributed by atoms with E-state index in [0.29, 0.717) is 5.56 Å². The van der Waals surface area contributed by atoms with Crippen LogP contribution in [0.15, 0.2) is 15.8 Å². The molecule has 0 aliphatic carbocycles. The molecule has 0 bridgehead atoms. The van der Waals surface area contributed by atoms with Crippen LogP contribution in [0.2, 0.25) is 0 Å². The molecule has 7 heteroatoms. The van der Waals surface area contributed by atoms with Crippen LogP contribution in [0.25, 0.3) is 0 Å². The van der Waals surface area contributed by atoms with Crippen LogP contribution >= 0.6 is 0 Å². The lowest BCUT2D eigenvalue weighted by Crippen LogP contribution is -2.35. The van der Waals surface area contributed by atoms with Crippen molar-refractivity contribution in [2.45, 2.75) is 25.7 Å². The number of nitrogens with zero attached hydrogens (tertiary/aromatic N) is 1. The summed E-state index contributed by atoms with van der Waals surface area (Å²) in [5, 5.41) is 8.89. The molecule has 1 aromatic rings. The number of H-pyrrole nitrogens is 1. The molecule has 1 aliphatic rings. The lowest BCUT2D eigenvalue weighted by molar-refractivity contribution is -0.127. The molecule has 17 heavy (non-hydrogen) atoms. The Kier molecular flexibility index (Phi) is 2.95. The molecule has 0 aromatic carbocycles. The van der Waals surface area contributed by atoms with Gasteiger partial charge in [-0.15, -0.1) is 0 Å². The number of hydrogen-bond acceptors (Lipinski definition) is 5. The first-order valence-corrected chi connectivity index (χ1v) is 5.14. The topological polar surface area (TPSA) is 101 Å². The molecule has 92 valence electrons. The van der Waals surface area contributed by atoms with Gasteiger partial charge in [-0.2, -0.15) is 0 Å². The number of Topliss-reactive ketones (excluding diaryl/α,β-unsaturated/α-hetero) is 1. The van der Waals surface area contributed by atoms with Gasteiger partial charge in [0, 0.05) is 18.2 Å². The molecule has 2 N–H and O–H groups in total. The molecule has 0 saturated carbocycles. The Morgan fingerprint density at radius 3 is 2.82 bits per heavy atom. The first-order chi connectivity index (χ1) is 8.02. The van der Waals surface area contributed by atoms with Gasteiger partial charge in [0.15, 0.2) is 12.0 Å². The summed E-state index contributed by atoms with van der Waals surface area (Å²) in [6, 6.07) is 0. The van der Waals surface area contributed by atoms with E-state index in [-0.39, 0.29) is 18.8 Å². The molecule has 0 radical (unpaired) electrons. The van der Waals surface area contributed by atoms with Crippen LogP contribution < -0.4 is 11.2 Å². The molecule has 0 spiro atoms. The monoisotopic (exact) mass is 240 g/mol. The summed E-state index contributed by atoms with van der Waals surface area (Å²) < 4.78 is 6.26. The maximum Gasteiger partial charge on any atom is 0.330 e. The molecule has 0 unspecified atom stereocenters. The average Bonchev–Trinajstić information content (AvgIpc) is 2.65. The van der Waals surface area contributed by atoms with Crippen molar-refractivity contribution in [2.75, 3.05) is 6.61 Å². The summed E-state index contributed by atoms with van der Waals surface area (Å²) >= 11 is 0. The first kappa shape index (κ1) is 11.7. The highest BCUT2D eigenvalue weighted by molar-refractivity contribution is 5.83. The van der Waals surface area contributed by atoms with Crippen LogP contribution in [0.5, 0.6) is 0 Å². The van der Waals surface area contributed by atoms with E-state index in [1.165, 1.54) is 13.1 Å². The summed E-state index contributed by atoms with van der Waals surface area (Å²) in [5.41, 5.74) is -0.874. The van der Waals surface area contributed by atoms with E-state index in [0.717, 1.165) is 4.57 Å². The quantitative estimate of drug-likeness (QED) is 0.668. The molecule has 0 amide bonds. The Balaban J connectivity index is 2.42. The van der Waals surface area contributed by atoms with Crippen molar-refractivity contribution in [3.8, 4) is 0 Å². The summed E-state index contributed by atoms with van der Waals surface area (Å²) in [6.45, 7) is 1.25. The number of hydrogen-bond donors (Lipinski definition) is 2. The van der Waals surface area contributed by atoms with Crippen LogP contribution in [0.3, 0.4) is 0 Å². The van der Waals surface area contributed by atoms with Gasteiger partial charge in [0.25, 0.3) is 5.56 Å². The second-order valence-electron chi connectivity index (χ2n) is 3.94. The molecule has 1 aliphatic heterocycles. The minimum Gasteiger partial charge on any atom is -0.394 e. The number of carbonyl (C=O) groups excluding carboxylic acids is 1. The number of rotatable bonds is 2. The fraction of sp³-hybridized carbons (Fsp3) is 0.500. The lowest BCUT2D eigenvalue weighted by atomic mass is 10.2. The van der Waals surface area contributed by atoms with Crippen molar-refractivity contribution < 1.29 is 14.6 Å². The highest BCUT2D eigenvalue weighted by Gasteiger charge is 2.34. The van der Waals surface area contributed by atoms with Gasteiger partial charge in [-0.1, -0.05) is 0 Å². The van der Waals surface area contributed by atoms with Crippen molar-refractivity contribution in [1.82, 2.24) is 9.55 Å². The van der Waals surface area contributed by atoms with Crippen LogP contribution in [0, 0.1) is 6.92 Å². The maximum absolute atomic E-state index is 11.6. The maximum atomic E-state index is 11.6. The Morgan fingerprint density at radius 2 is 2.24 bits per heavy atom. The third-order valence-electron chi connectivity index (χ3n) is 2.63. The molecule has 2 rings (SSSR count). The predicted molar refractivity (Wildman–Crippen MR) is 56.7 cm³/mol. The van der Waals surface area contributed by atoms with Gasteiger partial charge in [-0.25, -0.2) is 4.79 Å². The molecular formula is C10H12N2O5. The third-order valence-corrected chi connectivity index (χ3v) is 2.63. The molecule has 2 atom stereocenters. The van der Waals surface area contributed by atoms with Gasteiger partial charge >= 0.3 is 5.69 Å². The Labute approximate surface area is 95.7 Å². The van der Waals surface area contributed by atoms with Gasteiger partial charge in [0.2, 0.25) is 0 Å². The first-order valence-electron chi connectivity index (χ1n) is 5.14. The van der Waals surface area contributed by atoms with Crippen LogP contribution in [0.4, 0.5) is 0 Å². The number of aromatic amines is 1. The largest absolute Gasteiger partial charge is 0.394 e. The van der Waals surface area contributed by atoms with Gasteiger partial charge in [-0.3, -0.25) is 19.1 Å². The van der Waals surface area contributed by atoms with E-state index < -0.39 is 23.6 Å². The van der Waals surface area contributed by atoms with Gasteiger partial charge < -0.3 is 9.84 Å².